The number of ether oxygens (including phenoxy) is 1. The number of methoxy groups -OCH3 is 1. The number of benzene rings is 2. The molecule has 1 saturated carbocycles. The molecule has 2 N–H and O–H groups in total. The Bertz CT molecular complexity index is 1010. The van der Waals surface area contributed by atoms with E-state index in [0.717, 1.165) is 18.4 Å². The van der Waals surface area contributed by atoms with Crippen LogP contribution in [0.3, 0.4) is 0 Å². The van der Waals surface area contributed by atoms with Crippen molar-refractivity contribution < 1.29 is 13.9 Å². The van der Waals surface area contributed by atoms with E-state index < -0.39 is 0 Å². The minimum absolute atomic E-state index is 0.156. The zero-order valence-electron chi connectivity index (χ0n) is 14.3. The number of amides is 1. The molecule has 0 aliphatic heterocycles. The highest BCUT2D eigenvalue weighted by atomic mass is 19.1. The number of nitrogens with zero attached hydrogens (tertiary/aromatic N) is 1. The molecule has 2 aromatic carbocycles. The van der Waals surface area contributed by atoms with E-state index >= 15 is 0 Å². The fraction of sp³-hybridized carbons (Fsp3) is 0.200. The lowest BCUT2D eigenvalue weighted by Crippen LogP contribution is -2.25. The molecule has 1 fully saturated rings. The predicted molar refractivity (Wildman–Crippen MR) is 98.5 cm³/mol. The Kier molecular flexibility index (Phi) is 4.16. The van der Waals surface area contributed by atoms with Gasteiger partial charge in [0, 0.05) is 11.6 Å². The van der Waals surface area contributed by atoms with Gasteiger partial charge in [-0.3, -0.25) is 9.89 Å². The molecule has 3 aromatic rings. The van der Waals surface area contributed by atoms with Crippen LogP contribution in [0, 0.1) is 5.82 Å². The Morgan fingerprint density at radius 3 is 2.81 bits per heavy atom. The van der Waals surface area contributed by atoms with Crippen LogP contribution in [0.2, 0.25) is 0 Å². The molecular weight excluding hydrogens is 333 g/mol. The molecule has 0 atom stereocenters. The van der Waals surface area contributed by atoms with Crippen molar-refractivity contribution in [1.82, 2.24) is 15.5 Å². The van der Waals surface area contributed by atoms with Crippen molar-refractivity contribution in [3.05, 3.63) is 59.0 Å². The van der Waals surface area contributed by atoms with Crippen LogP contribution < -0.4 is 10.1 Å². The third-order valence-corrected chi connectivity index (χ3v) is 4.40. The molecule has 1 heterocycles. The smallest absolute Gasteiger partial charge is 0.255 e. The summed E-state index contributed by atoms with van der Waals surface area (Å²) in [5, 5.41) is 10.9. The molecule has 0 bridgehead atoms. The molecule has 5 nitrogen and oxygen atoms in total. The first kappa shape index (κ1) is 16.3. The van der Waals surface area contributed by atoms with E-state index in [1.54, 1.807) is 42.5 Å². The molecular formula is C20H18FN3O2. The fourth-order valence-corrected chi connectivity index (χ4v) is 2.89. The van der Waals surface area contributed by atoms with Gasteiger partial charge in [0.05, 0.1) is 29.3 Å². The highest BCUT2D eigenvalue weighted by Gasteiger charge is 2.26. The van der Waals surface area contributed by atoms with Gasteiger partial charge < -0.3 is 10.1 Å². The largest absolute Gasteiger partial charge is 0.495 e. The molecule has 26 heavy (non-hydrogen) atoms. The first-order valence-corrected chi connectivity index (χ1v) is 8.46. The second-order valence-corrected chi connectivity index (χ2v) is 6.28. The summed E-state index contributed by atoms with van der Waals surface area (Å²) in [4.78, 5) is 12.5. The quantitative estimate of drug-likeness (QED) is 0.735. The van der Waals surface area contributed by atoms with Gasteiger partial charge in [-0.2, -0.15) is 5.10 Å². The minimum atomic E-state index is -0.306. The standard InChI is InChI=1S/C20H18FN3O2/c1-26-19-14(20(25)22-13-7-8-13)9-11-17-18(19)16(23-24-17)10-6-12-4-2-3-5-15(12)21/h2-6,9-11,13H,7-8H2,1H3,(H,22,25)(H,23,24). The Labute approximate surface area is 149 Å². The van der Waals surface area contributed by atoms with E-state index in [0.29, 0.717) is 28.0 Å². The summed E-state index contributed by atoms with van der Waals surface area (Å²) in [5.74, 6) is -0.000812. The maximum absolute atomic E-state index is 13.8. The Hall–Kier alpha value is -3.15. The van der Waals surface area contributed by atoms with E-state index in [1.807, 2.05) is 0 Å². The van der Waals surface area contributed by atoms with Crippen LogP contribution in [0.25, 0.3) is 23.1 Å². The second-order valence-electron chi connectivity index (χ2n) is 6.28. The van der Waals surface area contributed by atoms with E-state index in [4.69, 9.17) is 4.74 Å². The van der Waals surface area contributed by atoms with Crippen molar-refractivity contribution >= 4 is 29.0 Å². The van der Waals surface area contributed by atoms with Crippen LogP contribution in [-0.4, -0.2) is 29.3 Å². The highest BCUT2D eigenvalue weighted by Crippen LogP contribution is 2.33. The van der Waals surface area contributed by atoms with Crippen molar-refractivity contribution in [2.45, 2.75) is 18.9 Å². The number of halogens is 1. The molecule has 0 saturated heterocycles. The number of nitrogens with one attached hydrogen (secondary N) is 2. The summed E-state index contributed by atoms with van der Waals surface area (Å²) in [6, 6.07) is 10.3. The van der Waals surface area contributed by atoms with E-state index in [2.05, 4.69) is 15.5 Å². The van der Waals surface area contributed by atoms with Gasteiger partial charge >= 0.3 is 0 Å². The maximum Gasteiger partial charge on any atom is 0.255 e. The summed E-state index contributed by atoms with van der Waals surface area (Å²) in [5.41, 5.74) is 2.26. The molecule has 132 valence electrons. The minimum Gasteiger partial charge on any atom is -0.495 e. The van der Waals surface area contributed by atoms with Crippen LogP contribution in [-0.2, 0) is 0 Å². The molecule has 1 aliphatic carbocycles. The highest BCUT2D eigenvalue weighted by molar-refractivity contribution is 6.05. The lowest BCUT2D eigenvalue weighted by molar-refractivity contribution is 0.0948. The predicted octanol–water partition coefficient (Wildman–Crippen LogP) is 3.77. The number of hydrogen-bond acceptors (Lipinski definition) is 3. The van der Waals surface area contributed by atoms with Crippen molar-refractivity contribution in [1.29, 1.82) is 0 Å². The van der Waals surface area contributed by atoms with Gasteiger partial charge in [0.15, 0.2) is 0 Å². The van der Waals surface area contributed by atoms with Gasteiger partial charge in [-0.05, 0) is 43.2 Å². The van der Waals surface area contributed by atoms with Crippen molar-refractivity contribution in [2.75, 3.05) is 7.11 Å². The van der Waals surface area contributed by atoms with Gasteiger partial charge in [-0.25, -0.2) is 4.39 Å². The molecule has 0 unspecified atom stereocenters. The zero-order chi connectivity index (χ0) is 18.1. The molecule has 1 aliphatic rings. The normalized spacial score (nSPS) is 14.1. The topological polar surface area (TPSA) is 67.0 Å². The molecule has 0 radical (unpaired) electrons. The van der Waals surface area contributed by atoms with E-state index in [1.165, 1.54) is 13.2 Å². The summed E-state index contributed by atoms with van der Waals surface area (Å²) >= 11 is 0. The zero-order valence-corrected chi connectivity index (χ0v) is 14.3. The van der Waals surface area contributed by atoms with Crippen LogP contribution >= 0.6 is 0 Å². The first-order chi connectivity index (χ1) is 12.7. The van der Waals surface area contributed by atoms with Crippen molar-refractivity contribution in [3.8, 4) is 5.75 Å². The number of carbonyl (C=O) groups is 1. The number of aromatic nitrogens is 2. The molecule has 6 heteroatoms. The SMILES string of the molecule is COc1c(C(=O)NC2CC2)ccc2[nH]nc(C=Cc3ccccc3F)c12. The summed E-state index contributed by atoms with van der Waals surface area (Å²) in [6.45, 7) is 0. The van der Waals surface area contributed by atoms with E-state index in [-0.39, 0.29) is 17.8 Å². The third-order valence-electron chi connectivity index (χ3n) is 4.40. The summed E-state index contributed by atoms with van der Waals surface area (Å²) < 4.78 is 19.3. The van der Waals surface area contributed by atoms with Crippen molar-refractivity contribution in [2.24, 2.45) is 0 Å². The lowest BCUT2D eigenvalue weighted by Gasteiger charge is -2.10. The Morgan fingerprint density at radius 2 is 2.08 bits per heavy atom. The fourth-order valence-electron chi connectivity index (χ4n) is 2.89. The average Bonchev–Trinajstić information content (AvgIpc) is 3.37. The van der Waals surface area contributed by atoms with Crippen molar-refractivity contribution in [3.63, 3.8) is 0 Å². The average molecular weight is 351 g/mol. The van der Waals surface area contributed by atoms with Gasteiger partial charge in [0.2, 0.25) is 0 Å². The van der Waals surface area contributed by atoms with Gasteiger partial charge in [0.25, 0.3) is 5.91 Å². The number of rotatable bonds is 5. The first-order valence-electron chi connectivity index (χ1n) is 8.46. The number of aromatic amines is 1. The molecule has 1 amide bonds. The van der Waals surface area contributed by atoms with Crippen LogP contribution in [0.4, 0.5) is 4.39 Å². The lowest BCUT2D eigenvalue weighted by atomic mass is 10.1. The van der Waals surface area contributed by atoms with E-state index in [9.17, 15) is 9.18 Å². The monoisotopic (exact) mass is 351 g/mol. The molecule has 1 aromatic heterocycles. The maximum atomic E-state index is 13.8. The Morgan fingerprint density at radius 1 is 1.27 bits per heavy atom. The number of H-pyrrole nitrogens is 1. The third kappa shape index (κ3) is 3.06. The number of hydrogen-bond donors (Lipinski definition) is 2. The van der Waals surface area contributed by atoms with Crippen LogP contribution in [0.15, 0.2) is 36.4 Å². The van der Waals surface area contributed by atoms with Crippen LogP contribution in [0.5, 0.6) is 5.75 Å². The summed E-state index contributed by atoms with van der Waals surface area (Å²) in [6.07, 6.45) is 5.39. The Balaban J connectivity index is 1.75. The van der Waals surface area contributed by atoms with Crippen LogP contribution in [0.1, 0.15) is 34.5 Å². The van der Waals surface area contributed by atoms with Gasteiger partial charge in [-0.1, -0.05) is 18.2 Å². The summed E-state index contributed by atoms with van der Waals surface area (Å²) in [7, 11) is 1.53. The molecule has 0 spiro atoms. The van der Waals surface area contributed by atoms with Gasteiger partial charge in [0.1, 0.15) is 11.6 Å². The van der Waals surface area contributed by atoms with Gasteiger partial charge in [-0.15, -0.1) is 0 Å². The molecule has 4 rings (SSSR count). The number of carbonyl (C=O) groups excluding carboxylic acids is 1. The number of fused-ring (bicyclic) bond motifs is 1. The second kappa shape index (κ2) is 6.63.